The minimum absolute atomic E-state index is 0.665. The third kappa shape index (κ3) is 5.83. The molecular formula is C17H36N2. The van der Waals surface area contributed by atoms with Gasteiger partial charge in [0.1, 0.15) is 0 Å². The van der Waals surface area contributed by atoms with Crippen LogP contribution in [0.4, 0.5) is 0 Å². The second-order valence-electron chi connectivity index (χ2n) is 7.31. The van der Waals surface area contributed by atoms with Crippen molar-refractivity contribution in [2.45, 2.75) is 72.4 Å². The molecule has 2 heteroatoms. The molecule has 1 fully saturated rings. The van der Waals surface area contributed by atoms with E-state index in [-0.39, 0.29) is 0 Å². The highest BCUT2D eigenvalue weighted by atomic mass is 15.1. The van der Waals surface area contributed by atoms with Gasteiger partial charge in [-0.1, -0.05) is 27.2 Å². The molecule has 0 aliphatic heterocycles. The van der Waals surface area contributed by atoms with Crippen molar-refractivity contribution >= 4 is 0 Å². The van der Waals surface area contributed by atoms with E-state index in [1.165, 1.54) is 38.8 Å². The van der Waals surface area contributed by atoms with Gasteiger partial charge in [-0.15, -0.1) is 0 Å². The Morgan fingerprint density at radius 2 is 1.84 bits per heavy atom. The quantitative estimate of drug-likeness (QED) is 0.707. The van der Waals surface area contributed by atoms with Gasteiger partial charge in [0.25, 0.3) is 0 Å². The van der Waals surface area contributed by atoms with Gasteiger partial charge in [-0.25, -0.2) is 0 Å². The lowest BCUT2D eigenvalue weighted by atomic mass is 9.74. The lowest BCUT2D eigenvalue weighted by Crippen LogP contribution is -2.43. The molecule has 1 aliphatic carbocycles. The number of rotatable bonds is 7. The summed E-state index contributed by atoms with van der Waals surface area (Å²) in [6.07, 6.45) is 5.49. The van der Waals surface area contributed by atoms with Crippen LogP contribution in [0.2, 0.25) is 0 Å². The third-order valence-corrected chi connectivity index (χ3v) is 5.00. The molecule has 0 aromatic carbocycles. The minimum Gasteiger partial charge on any atom is -0.314 e. The highest BCUT2D eigenvalue weighted by Gasteiger charge is 2.29. The monoisotopic (exact) mass is 268 g/mol. The van der Waals surface area contributed by atoms with Gasteiger partial charge in [-0.3, -0.25) is 0 Å². The van der Waals surface area contributed by atoms with E-state index in [0.717, 1.165) is 23.8 Å². The van der Waals surface area contributed by atoms with E-state index in [2.05, 4.69) is 51.9 Å². The van der Waals surface area contributed by atoms with Crippen molar-refractivity contribution in [3.05, 3.63) is 0 Å². The summed E-state index contributed by atoms with van der Waals surface area (Å²) in [7, 11) is 2.23. The Morgan fingerprint density at radius 3 is 2.42 bits per heavy atom. The average Bonchev–Trinajstić information content (AvgIpc) is 2.33. The molecule has 1 saturated carbocycles. The second-order valence-corrected chi connectivity index (χ2v) is 7.31. The molecule has 3 unspecified atom stereocenters. The Kier molecular flexibility index (Phi) is 7.38. The first-order valence-corrected chi connectivity index (χ1v) is 8.35. The van der Waals surface area contributed by atoms with Crippen molar-refractivity contribution in [1.29, 1.82) is 0 Å². The fourth-order valence-electron chi connectivity index (χ4n) is 3.31. The molecule has 3 atom stereocenters. The summed E-state index contributed by atoms with van der Waals surface area (Å²) in [5.74, 6) is 2.62. The van der Waals surface area contributed by atoms with Crippen molar-refractivity contribution in [3.8, 4) is 0 Å². The number of hydrogen-bond donors (Lipinski definition) is 1. The van der Waals surface area contributed by atoms with Crippen LogP contribution in [-0.2, 0) is 0 Å². The van der Waals surface area contributed by atoms with E-state index < -0.39 is 0 Å². The summed E-state index contributed by atoms with van der Waals surface area (Å²) in [5.41, 5.74) is 0. The molecule has 2 nitrogen and oxygen atoms in total. The van der Waals surface area contributed by atoms with Gasteiger partial charge in [0.2, 0.25) is 0 Å². The molecule has 1 rings (SSSR count). The predicted molar refractivity (Wildman–Crippen MR) is 85.5 cm³/mol. The van der Waals surface area contributed by atoms with Gasteiger partial charge < -0.3 is 10.2 Å². The van der Waals surface area contributed by atoms with E-state index >= 15 is 0 Å². The summed E-state index contributed by atoms with van der Waals surface area (Å²) in [5, 5.41) is 3.85. The van der Waals surface area contributed by atoms with Crippen LogP contribution in [0.5, 0.6) is 0 Å². The topological polar surface area (TPSA) is 15.3 Å². The third-order valence-electron chi connectivity index (χ3n) is 5.00. The first-order chi connectivity index (χ1) is 8.91. The van der Waals surface area contributed by atoms with Crippen LogP contribution < -0.4 is 5.32 Å². The number of nitrogens with zero attached hydrogens (tertiary/aromatic N) is 1. The highest BCUT2D eigenvalue weighted by molar-refractivity contribution is 4.85. The molecule has 1 N–H and O–H groups in total. The summed E-state index contributed by atoms with van der Waals surface area (Å²) in [4.78, 5) is 2.44. The van der Waals surface area contributed by atoms with Crippen LogP contribution in [-0.4, -0.2) is 37.1 Å². The van der Waals surface area contributed by atoms with Crippen molar-refractivity contribution in [2.24, 2.45) is 17.8 Å². The summed E-state index contributed by atoms with van der Waals surface area (Å²) < 4.78 is 0. The SMILES string of the molecule is CC1CCC(C(C)C)C(NCCCN(C)C(C)C)C1. The molecule has 0 heterocycles. The smallest absolute Gasteiger partial charge is 0.0100 e. The minimum atomic E-state index is 0.665. The molecule has 0 saturated heterocycles. The Labute approximate surface area is 121 Å². The van der Waals surface area contributed by atoms with Crippen LogP contribution in [0.1, 0.15) is 60.3 Å². The van der Waals surface area contributed by atoms with E-state index in [1.54, 1.807) is 0 Å². The van der Waals surface area contributed by atoms with Crippen LogP contribution in [0.3, 0.4) is 0 Å². The predicted octanol–water partition coefficient (Wildman–Crippen LogP) is 3.77. The van der Waals surface area contributed by atoms with Crippen molar-refractivity contribution in [1.82, 2.24) is 10.2 Å². The fraction of sp³-hybridized carbons (Fsp3) is 1.00. The fourth-order valence-corrected chi connectivity index (χ4v) is 3.31. The van der Waals surface area contributed by atoms with Gasteiger partial charge in [-0.05, 0) is 71.0 Å². The Bertz CT molecular complexity index is 237. The van der Waals surface area contributed by atoms with Gasteiger partial charge in [0, 0.05) is 12.1 Å². The van der Waals surface area contributed by atoms with Gasteiger partial charge in [-0.2, -0.15) is 0 Å². The maximum atomic E-state index is 3.85. The second kappa shape index (κ2) is 8.26. The Morgan fingerprint density at radius 1 is 1.16 bits per heavy atom. The van der Waals surface area contributed by atoms with Crippen LogP contribution >= 0.6 is 0 Å². The van der Waals surface area contributed by atoms with E-state index in [1.807, 2.05) is 0 Å². The maximum absolute atomic E-state index is 3.85. The Balaban J connectivity index is 2.28. The van der Waals surface area contributed by atoms with Crippen molar-refractivity contribution in [3.63, 3.8) is 0 Å². The Hall–Kier alpha value is -0.0800. The van der Waals surface area contributed by atoms with Crippen molar-refractivity contribution < 1.29 is 0 Å². The molecule has 0 spiro atoms. The molecule has 0 bridgehead atoms. The summed E-state index contributed by atoms with van der Waals surface area (Å²) in [6, 6.07) is 1.42. The maximum Gasteiger partial charge on any atom is 0.0100 e. The summed E-state index contributed by atoms with van der Waals surface area (Å²) in [6.45, 7) is 14.1. The molecule has 114 valence electrons. The van der Waals surface area contributed by atoms with E-state index in [0.29, 0.717) is 6.04 Å². The average molecular weight is 268 g/mol. The molecule has 19 heavy (non-hydrogen) atoms. The zero-order valence-electron chi connectivity index (χ0n) is 14.1. The van der Waals surface area contributed by atoms with Crippen LogP contribution in [0.15, 0.2) is 0 Å². The molecule has 1 aliphatic rings. The lowest BCUT2D eigenvalue weighted by molar-refractivity contribution is 0.168. The van der Waals surface area contributed by atoms with Gasteiger partial charge in [0.05, 0.1) is 0 Å². The zero-order chi connectivity index (χ0) is 14.4. The lowest BCUT2D eigenvalue weighted by Gasteiger charge is -2.38. The van der Waals surface area contributed by atoms with Crippen molar-refractivity contribution in [2.75, 3.05) is 20.1 Å². The number of nitrogens with one attached hydrogen (secondary N) is 1. The molecule has 0 aromatic heterocycles. The first kappa shape index (κ1) is 17.0. The molecule has 0 aromatic rings. The zero-order valence-corrected chi connectivity index (χ0v) is 14.1. The number of hydrogen-bond acceptors (Lipinski definition) is 2. The standard InChI is InChI=1S/C17H36N2/c1-13(2)16-9-8-15(5)12-17(16)18-10-7-11-19(6)14(3)4/h13-18H,7-12H2,1-6H3. The normalized spacial score (nSPS) is 28.6. The largest absolute Gasteiger partial charge is 0.314 e. The van der Waals surface area contributed by atoms with E-state index in [9.17, 15) is 0 Å². The van der Waals surface area contributed by atoms with Crippen LogP contribution in [0, 0.1) is 17.8 Å². The molecule has 0 radical (unpaired) electrons. The summed E-state index contributed by atoms with van der Waals surface area (Å²) >= 11 is 0. The van der Waals surface area contributed by atoms with Gasteiger partial charge in [0.15, 0.2) is 0 Å². The van der Waals surface area contributed by atoms with E-state index in [4.69, 9.17) is 0 Å². The van der Waals surface area contributed by atoms with Gasteiger partial charge >= 0.3 is 0 Å². The highest BCUT2D eigenvalue weighted by Crippen LogP contribution is 2.33. The molecular weight excluding hydrogens is 232 g/mol. The van der Waals surface area contributed by atoms with Crippen LogP contribution in [0.25, 0.3) is 0 Å². The first-order valence-electron chi connectivity index (χ1n) is 8.35. The molecule has 0 amide bonds.